The van der Waals surface area contributed by atoms with E-state index in [0.29, 0.717) is 5.69 Å². The molecule has 1 aromatic rings. The van der Waals surface area contributed by atoms with Crippen molar-refractivity contribution >= 4 is 5.69 Å². The van der Waals surface area contributed by atoms with Crippen molar-refractivity contribution < 1.29 is 13.2 Å². The van der Waals surface area contributed by atoms with E-state index < -0.39 is 12.7 Å². The number of para-hydroxylation sites is 1. The van der Waals surface area contributed by atoms with E-state index in [-0.39, 0.29) is 0 Å². The fourth-order valence-electron chi connectivity index (χ4n) is 1.04. The third-order valence-electron chi connectivity index (χ3n) is 1.61. The molecule has 0 N–H and O–H groups in total. The molecule has 0 fully saturated rings. The van der Waals surface area contributed by atoms with Gasteiger partial charge in [0.25, 0.3) is 0 Å². The molecule has 0 aliphatic rings. The molecule has 0 spiro atoms. The Hall–Kier alpha value is -1.19. The van der Waals surface area contributed by atoms with Crippen LogP contribution in [0.15, 0.2) is 30.3 Å². The molecule has 0 saturated heterocycles. The van der Waals surface area contributed by atoms with E-state index in [9.17, 15) is 13.2 Å². The van der Waals surface area contributed by atoms with Crippen molar-refractivity contribution in [3.8, 4) is 0 Å². The quantitative estimate of drug-likeness (QED) is 0.691. The Morgan fingerprint density at radius 3 is 2.15 bits per heavy atom. The number of hydrogen-bond donors (Lipinski definition) is 0. The first-order chi connectivity index (χ1) is 5.99. The standard InChI is InChI=1S/C9H10F3N/c1-13(7-9(10,11)12)8-5-3-2-4-6-8/h2-6H,7H2,1H3. The Morgan fingerprint density at radius 2 is 1.69 bits per heavy atom. The van der Waals surface area contributed by atoms with E-state index in [0.717, 1.165) is 0 Å². The minimum absolute atomic E-state index is 0.569. The molecular weight excluding hydrogens is 179 g/mol. The van der Waals surface area contributed by atoms with Crippen molar-refractivity contribution in [1.29, 1.82) is 0 Å². The Morgan fingerprint density at radius 1 is 1.15 bits per heavy atom. The van der Waals surface area contributed by atoms with Gasteiger partial charge in [0.1, 0.15) is 6.54 Å². The lowest BCUT2D eigenvalue weighted by atomic mass is 10.3. The summed E-state index contributed by atoms with van der Waals surface area (Å²) in [5.41, 5.74) is 0.569. The van der Waals surface area contributed by atoms with Crippen LogP contribution in [0.3, 0.4) is 0 Å². The number of nitrogens with zero attached hydrogens (tertiary/aromatic N) is 1. The first-order valence-corrected chi connectivity index (χ1v) is 3.82. The number of rotatable bonds is 2. The second-order valence-corrected chi connectivity index (χ2v) is 2.81. The van der Waals surface area contributed by atoms with Gasteiger partial charge in [0, 0.05) is 12.7 Å². The first-order valence-electron chi connectivity index (χ1n) is 3.82. The van der Waals surface area contributed by atoms with Gasteiger partial charge in [-0.2, -0.15) is 13.2 Å². The zero-order valence-corrected chi connectivity index (χ0v) is 7.17. The Labute approximate surface area is 74.8 Å². The molecule has 72 valence electrons. The summed E-state index contributed by atoms with van der Waals surface area (Å²) >= 11 is 0. The number of anilines is 1. The largest absolute Gasteiger partial charge is 0.405 e. The molecule has 13 heavy (non-hydrogen) atoms. The van der Waals surface area contributed by atoms with Crippen LogP contribution >= 0.6 is 0 Å². The maximum absolute atomic E-state index is 12.0. The lowest BCUT2D eigenvalue weighted by Crippen LogP contribution is -2.30. The molecule has 0 aliphatic heterocycles. The predicted octanol–water partition coefficient (Wildman–Crippen LogP) is 2.69. The van der Waals surface area contributed by atoms with Gasteiger partial charge >= 0.3 is 6.18 Å². The van der Waals surface area contributed by atoms with Gasteiger partial charge in [-0.3, -0.25) is 0 Å². The van der Waals surface area contributed by atoms with Gasteiger partial charge in [-0.25, -0.2) is 0 Å². The molecule has 0 bridgehead atoms. The minimum atomic E-state index is -4.15. The van der Waals surface area contributed by atoms with Crippen LogP contribution in [0.5, 0.6) is 0 Å². The summed E-state index contributed by atoms with van der Waals surface area (Å²) in [4.78, 5) is 1.17. The van der Waals surface area contributed by atoms with E-state index in [1.165, 1.54) is 11.9 Å². The third kappa shape index (κ3) is 3.36. The van der Waals surface area contributed by atoms with Gasteiger partial charge in [-0.1, -0.05) is 18.2 Å². The SMILES string of the molecule is CN(CC(F)(F)F)c1ccccc1. The molecule has 1 aromatic carbocycles. The van der Waals surface area contributed by atoms with E-state index in [1.807, 2.05) is 0 Å². The van der Waals surface area contributed by atoms with Gasteiger partial charge in [-0.05, 0) is 12.1 Å². The average molecular weight is 189 g/mol. The highest BCUT2D eigenvalue weighted by Gasteiger charge is 2.29. The molecule has 1 nitrogen and oxygen atoms in total. The molecule has 0 aliphatic carbocycles. The fourth-order valence-corrected chi connectivity index (χ4v) is 1.04. The summed E-state index contributed by atoms with van der Waals surface area (Å²) in [6.45, 7) is -0.920. The number of hydrogen-bond acceptors (Lipinski definition) is 1. The molecule has 0 heterocycles. The Kier molecular flexibility index (Phi) is 2.80. The molecular formula is C9H10F3N. The van der Waals surface area contributed by atoms with E-state index in [2.05, 4.69) is 0 Å². The van der Waals surface area contributed by atoms with Gasteiger partial charge < -0.3 is 4.90 Å². The van der Waals surface area contributed by atoms with Gasteiger partial charge in [0.15, 0.2) is 0 Å². The van der Waals surface area contributed by atoms with Crippen molar-refractivity contribution in [2.45, 2.75) is 6.18 Å². The molecule has 0 saturated carbocycles. The zero-order valence-electron chi connectivity index (χ0n) is 7.17. The van der Waals surface area contributed by atoms with Gasteiger partial charge in [0.2, 0.25) is 0 Å². The van der Waals surface area contributed by atoms with E-state index in [4.69, 9.17) is 0 Å². The summed E-state index contributed by atoms with van der Waals surface area (Å²) in [6.07, 6.45) is -4.15. The van der Waals surface area contributed by atoms with Crippen LogP contribution in [0, 0.1) is 0 Å². The minimum Gasteiger partial charge on any atom is -0.366 e. The smallest absolute Gasteiger partial charge is 0.366 e. The van der Waals surface area contributed by atoms with Crippen LogP contribution in [-0.4, -0.2) is 19.8 Å². The highest BCUT2D eigenvalue weighted by atomic mass is 19.4. The van der Waals surface area contributed by atoms with Crippen molar-refractivity contribution in [2.24, 2.45) is 0 Å². The van der Waals surface area contributed by atoms with Crippen molar-refractivity contribution in [1.82, 2.24) is 0 Å². The highest BCUT2D eigenvalue weighted by molar-refractivity contribution is 5.45. The summed E-state index contributed by atoms with van der Waals surface area (Å²) in [7, 11) is 1.42. The van der Waals surface area contributed by atoms with E-state index >= 15 is 0 Å². The molecule has 0 unspecified atom stereocenters. The summed E-state index contributed by atoms with van der Waals surface area (Å²) in [5.74, 6) is 0. The second-order valence-electron chi connectivity index (χ2n) is 2.81. The monoisotopic (exact) mass is 189 g/mol. The van der Waals surface area contributed by atoms with Crippen LogP contribution in [0.4, 0.5) is 18.9 Å². The molecule has 4 heteroatoms. The zero-order chi connectivity index (χ0) is 9.90. The van der Waals surface area contributed by atoms with Crippen LogP contribution in [0.1, 0.15) is 0 Å². The maximum Gasteiger partial charge on any atom is 0.405 e. The number of halogens is 3. The number of alkyl halides is 3. The number of benzene rings is 1. The fraction of sp³-hybridized carbons (Fsp3) is 0.333. The molecule has 0 amide bonds. The molecule has 0 radical (unpaired) electrons. The lowest BCUT2D eigenvalue weighted by molar-refractivity contribution is -0.119. The lowest BCUT2D eigenvalue weighted by Gasteiger charge is -2.20. The highest BCUT2D eigenvalue weighted by Crippen LogP contribution is 2.19. The van der Waals surface area contributed by atoms with Crippen molar-refractivity contribution in [2.75, 3.05) is 18.5 Å². The van der Waals surface area contributed by atoms with Crippen LogP contribution < -0.4 is 4.90 Å². The topological polar surface area (TPSA) is 3.24 Å². The second kappa shape index (κ2) is 3.68. The maximum atomic E-state index is 12.0. The first kappa shape index (κ1) is 9.89. The van der Waals surface area contributed by atoms with Crippen LogP contribution in [0.2, 0.25) is 0 Å². The predicted molar refractivity (Wildman–Crippen MR) is 45.8 cm³/mol. The van der Waals surface area contributed by atoms with Gasteiger partial charge in [-0.15, -0.1) is 0 Å². The summed E-state index contributed by atoms with van der Waals surface area (Å²) in [6, 6.07) is 8.48. The van der Waals surface area contributed by atoms with Crippen LogP contribution in [0.25, 0.3) is 0 Å². The van der Waals surface area contributed by atoms with Crippen molar-refractivity contribution in [3.05, 3.63) is 30.3 Å². The summed E-state index contributed by atoms with van der Waals surface area (Å²) < 4.78 is 35.9. The average Bonchev–Trinajstić information content (AvgIpc) is 2.03. The molecule has 1 rings (SSSR count). The third-order valence-corrected chi connectivity index (χ3v) is 1.61. The normalized spacial score (nSPS) is 11.4. The molecule has 0 aromatic heterocycles. The Balaban J connectivity index is 2.64. The summed E-state index contributed by atoms with van der Waals surface area (Å²) in [5, 5.41) is 0. The van der Waals surface area contributed by atoms with Crippen LogP contribution in [-0.2, 0) is 0 Å². The molecule has 0 atom stereocenters. The van der Waals surface area contributed by atoms with E-state index in [1.54, 1.807) is 30.3 Å². The van der Waals surface area contributed by atoms with Crippen molar-refractivity contribution in [3.63, 3.8) is 0 Å². The van der Waals surface area contributed by atoms with Gasteiger partial charge in [0.05, 0.1) is 0 Å². The Bertz CT molecular complexity index is 255.